The zero-order valence-corrected chi connectivity index (χ0v) is 13.1. The Balaban J connectivity index is 1.62. The molecular formula is C18H18N2O4. The van der Waals surface area contributed by atoms with Gasteiger partial charge in [0.2, 0.25) is 0 Å². The van der Waals surface area contributed by atoms with E-state index in [9.17, 15) is 15.7 Å². The van der Waals surface area contributed by atoms with E-state index in [0.717, 1.165) is 11.1 Å². The molecule has 0 amide bonds. The highest BCUT2D eigenvalue weighted by molar-refractivity contribution is 5.36. The molecule has 2 aliphatic heterocycles. The molecule has 2 aliphatic rings. The van der Waals surface area contributed by atoms with E-state index < -0.39 is 11.8 Å². The molecule has 0 radical (unpaired) electrons. The number of rotatable bonds is 2. The number of nitrogens with zero attached hydrogens (tertiary/aromatic N) is 2. The zero-order chi connectivity index (χ0) is 16.8. The van der Waals surface area contributed by atoms with E-state index in [4.69, 9.17) is 9.47 Å². The van der Waals surface area contributed by atoms with Gasteiger partial charge in [-0.1, -0.05) is 36.4 Å². The number of hydrogen-bond donors (Lipinski definition) is 2. The Morgan fingerprint density at radius 2 is 1.21 bits per heavy atom. The molecule has 2 aromatic carbocycles. The topological polar surface area (TPSA) is 84.2 Å². The molecule has 2 unspecified atom stereocenters. The average Bonchev–Trinajstić information content (AvgIpc) is 2.61. The summed E-state index contributed by atoms with van der Waals surface area (Å²) >= 11 is 0. The van der Waals surface area contributed by atoms with E-state index in [0.29, 0.717) is 29.0 Å². The predicted octanol–water partition coefficient (Wildman–Crippen LogP) is 2.36. The van der Waals surface area contributed by atoms with Crippen molar-refractivity contribution in [1.29, 1.82) is 0 Å². The lowest BCUT2D eigenvalue weighted by atomic mass is 10.0. The minimum atomic E-state index is -2.06. The van der Waals surface area contributed by atoms with Crippen LogP contribution < -0.4 is 9.47 Å². The molecule has 2 N–H and O–H groups in total. The molecule has 0 spiro atoms. The second-order valence-electron chi connectivity index (χ2n) is 6.22. The van der Waals surface area contributed by atoms with Gasteiger partial charge in [0.1, 0.15) is 11.5 Å². The maximum Gasteiger partial charge on any atom is 0.421 e. The van der Waals surface area contributed by atoms with E-state index in [1.807, 2.05) is 24.3 Å². The van der Waals surface area contributed by atoms with Crippen LogP contribution in [0.5, 0.6) is 11.5 Å². The van der Waals surface area contributed by atoms with E-state index in [1.54, 1.807) is 24.3 Å². The summed E-state index contributed by atoms with van der Waals surface area (Å²) < 4.78 is 11.6. The van der Waals surface area contributed by atoms with Crippen molar-refractivity contribution in [2.45, 2.75) is 37.5 Å². The molecule has 4 rings (SSSR count). The molecule has 0 aliphatic carbocycles. The van der Waals surface area contributed by atoms with Gasteiger partial charge in [0.15, 0.2) is 0 Å². The second kappa shape index (κ2) is 5.29. The van der Waals surface area contributed by atoms with Crippen LogP contribution in [0.3, 0.4) is 0 Å². The van der Waals surface area contributed by atoms with E-state index in [2.05, 4.69) is 0 Å². The zero-order valence-electron chi connectivity index (χ0n) is 13.1. The van der Waals surface area contributed by atoms with Crippen LogP contribution in [-0.4, -0.2) is 26.7 Å². The fourth-order valence-corrected chi connectivity index (χ4v) is 3.24. The number of para-hydroxylation sites is 2. The molecule has 0 fully saturated rings. The molecule has 0 bridgehead atoms. The summed E-state index contributed by atoms with van der Waals surface area (Å²) in [4.78, 5) is 0. The summed E-state index contributed by atoms with van der Waals surface area (Å²) in [6.45, 7) is 0. The van der Waals surface area contributed by atoms with Crippen LogP contribution in [0, 0.1) is 0 Å². The van der Waals surface area contributed by atoms with Crippen LogP contribution in [-0.2, 0) is 12.8 Å². The fourth-order valence-electron chi connectivity index (χ4n) is 3.24. The Hall–Kier alpha value is -2.44. The number of ether oxygens (including phenoxy) is 2. The maximum atomic E-state index is 10.8. The normalized spacial score (nSPS) is 28.1. The van der Waals surface area contributed by atoms with Gasteiger partial charge in [-0.2, -0.15) is 4.70 Å². The first-order chi connectivity index (χ1) is 11.5. The molecule has 0 aromatic heterocycles. The van der Waals surface area contributed by atoms with Crippen molar-refractivity contribution < 1.29 is 24.4 Å². The van der Waals surface area contributed by atoms with Gasteiger partial charge in [-0.25, -0.2) is 0 Å². The number of aliphatic hydroxyl groups is 2. The first kappa shape index (κ1) is 15.1. The lowest BCUT2D eigenvalue weighted by Crippen LogP contribution is -2.61. The number of fused-ring (bicyclic) bond motifs is 2. The third kappa shape index (κ3) is 2.35. The Labute approximate surface area is 139 Å². The molecular weight excluding hydrogens is 308 g/mol. The SMILES string of the molecule is [N-]=[N+](C1(O)CCc2ccccc2O1)C1(O)CCc2ccccc2O1. The van der Waals surface area contributed by atoms with Crippen molar-refractivity contribution >= 4 is 0 Å². The number of aryl methyl sites for hydroxylation is 2. The standard InChI is InChI=1S/C18H18N2O4/c19-20(17(21)11-9-13-5-1-3-7-15(13)23-17)18(22)12-10-14-6-2-4-8-16(14)24-18/h1-8,21-22H,9-12H2. The van der Waals surface area contributed by atoms with Gasteiger partial charge in [-0.15, -0.1) is 0 Å². The molecule has 124 valence electrons. The molecule has 0 saturated heterocycles. The second-order valence-corrected chi connectivity index (χ2v) is 6.22. The smallest absolute Gasteiger partial charge is 0.421 e. The van der Waals surface area contributed by atoms with E-state index in [1.165, 1.54) is 0 Å². The van der Waals surface area contributed by atoms with Crippen LogP contribution in [0.1, 0.15) is 24.0 Å². The van der Waals surface area contributed by atoms with Crippen LogP contribution in [0.25, 0.3) is 5.53 Å². The highest BCUT2D eigenvalue weighted by Gasteiger charge is 2.55. The minimum Gasteiger partial charge on any atom is -0.495 e. The molecule has 0 saturated carbocycles. The summed E-state index contributed by atoms with van der Waals surface area (Å²) in [5.74, 6) is -3.17. The summed E-state index contributed by atoms with van der Waals surface area (Å²) in [6, 6.07) is 14.6. The van der Waals surface area contributed by atoms with Gasteiger partial charge in [0.05, 0.1) is 12.8 Å². The Morgan fingerprint density at radius 1 is 0.792 bits per heavy atom. The van der Waals surface area contributed by atoms with Crippen molar-refractivity contribution in [3.05, 3.63) is 65.2 Å². The molecule has 24 heavy (non-hydrogen) atoms. The maximum absolute atomic E-state index is 10.8. The van der Waals surface area contributed by atoms with Crippen molar-refractivity contribution in [2.75, 3.05) is 0 Å². The molecule has 2 heterocycles. The summed E-state index contributed by atoms with van der Waals surface area (Å²) in [5, 5.41) is 21.5. The lowest BCUT2D eigenvalue weighted by molar-refractivity contribution is -0.829. The van der Waals surface area contributed by atoms with Gasteiger partial charge >= 0.3 is 11.8 Å². The Kier molecular flexibility index (Phi) is 3.33. The van der Waals surface area contributed by atoms with Crippen LogP contribution in [0.2, 0.25) is 0 Å². The van der Waals surface area contributed by atoms with E-state index in [-0.39, 0.29) is 12.8 Å². The largest absolute Gasteiger partial charge is 0.495 e. The quantitative estimate of drug-likeness (QED) is 0.504. The first-order valence-electron chi connectivity index (χ1n) is 7.98. The first-order valence-corrected chi connectivity index (χ1v) is 7.98. The molecule has 2 atom stereocenters. The van der Waals surface area contributed by atoms with Gasteiger partial charge < -0.3 is 25.2 Å². The third-order valence-electron chi connectivity index (χ3n) is 4.59. The minimum absolute atomic E-state index is 0.105. The average molecular weight is 326 g/mol. The van der Waals surface area contributed by atoms with Gasteiger partial charge in [-0.05, 0) is 36.1 Å². The highest BCUT2D eigenvalue weighted by atomic mass is 16.7. The molecule has 2 aromatic rings. The van der Waals surface area contributed by atoms with Gasteiger partial charge in [0, 0.05) is 0 Å². The van der Waals surface area contributed by atoms with Crippen LogP contribution in [0.15, 0.2) is 48.5 Å². The summed E-state index contributed by atoms with van der Waals surface area (Å²) in [6.07, 6.45) is 1.23. The van der Waals surface area contributed by atoms with Gasteiger partial charge in [-0.3, -0.25) is 0 Å². The predicted molar refractivity (Wildman–Crippen MR) is 84.3 cm³/mol. The number of hydrogen-bond acceptors (Lipinski definition) is 4. The van der Waals surface area contributed by atoms with Crippen molar-refractivity contribution in [3.8, 4) is 11.5 Å². The Morgan fingerprint density at radius 3 is 1.67 bits per heavy atom. The van der Waals surface area contributed by atoms with Crippen molar-refractivity contribution in [3.63, 3.8) is 0 Å². The van der Waals surface area contributed by atoms with Crippen molar-refractivity contribution in [1.82, 2.24) is 0 Å². The highest BCUT2D eigenvalue weighted by Crippen LogP contribution is 2.38. The van der Waals surface area contributed by atoms with Crippen LogP contribution >= 0.6 is 0 Å². The van der Waals surface area contributed by atoms with Gasteiger partial charge in [0.25, 0.3) is 0 Å². The Bertz CT molecular complexity index is 744. The number of benzene rings is 2. The lowest BCUT2D eigenvalue weighted by Gasteiger charge is -2.40. The summed E-state index contributed by atoms with van der Waals surface area (Å²) in [5.41, 5.74) is 12.4. The van der Waals surface area contributed by atoms with Crippen LogP contribution in [0.4, 0.5) is 0 Å². The summed E-state index contributed by atoms with van der Waals surface area (Å²) in [7, 11) is 0. The molecule has 6 heteroatoms. The monoisotopic (exact) mass is 326 g/mol. The van der Waals surface area contributed by atoms with E-state index >= 15 is 0 Å². The third-order valence-corrected chi connectivity index (χ3v) is 4.59. The molecule has 6 nitrogen and oxygen atoms in total. The van der Waals surface area contributed by atoms with Crippen molar-refractivity contribution in [2.24, 2.45) is 0 Å². The fraction of sp³-hybridized carbons (Fsp3) is 0.333.